The first-order chi connectivity index (χ1) is 23.2. The van der Waals surface area contributed by atoms with Gasteiger partial charge in [0.15, 0.2) is 0 Å². The molecule has 0 fully saturated rings. The van der Waals surface area contributed by atoms with E-state index in [2.05, 4.69) is 10.0 Å². The summed E-state index contributed by atoms with van der Waals surface area (Å²) in [4.78, 5) is 13.7. The van der Waals surface area contributed by atoms with Crippen molar-refractivity contribution in [2.75, 3.05) is 21.5 Å². The van der Waals surface area contributed by atoms with Crippen molar-refractivity contribution < 1.29 is 26.4 Å². The minimum atomic E-state index is -4.14. The summed E-state index contributed by atoms with van der Waals surface area (Å²) in [6, 6.07) is 40.1. The number of hydrogen-bond donors (Lipinski definition) is 2. The molecule has 0 spiro atoms. The molecule has 9 nitrogen and oxygen atoms in total. The highest BCUT2D eigenvalue weighted by molar-refractivity contribution is 7.93. The van der Waals surface area contributed by atoms with Gasteiger partial charge in [0.2, 0.25) is 0 Å². The number of nitrogens with zero attached hydrogens (tertiary/aromatic N) is 1. The summed E-state index contributed by atoms with van der Waals surface area (Å²) in [7, 11) is -6.59. The average Bonchev–Trinajstić information content (AvgIpc) is 3.11. The number of fused-ring (bicyclic) bond motifs is 1. The van der Waals surface area contributed by atoms with Crippen LogP contribution >= 0.6 is 0 Å². The van der Waals surface area contributed by atoms with E-state index in [4.69, 9.17) is 4.74 Å². The third-order valence-electron chi connectivity index (χ3n) is 7.69. The van der Waals surface area contributed by atoms with Gasteiger partial charge in [0.25, 0.3) is 26.0 Å². The molecule has 0 heterocycles. The van der Waals surface area contributed by atoms with Crippen LogP contribution in [-0.4, -0.2) is 29.9 Å². The molecule has 0 saturated carbocycles. The molecule has 6 aromatic carbocycles. The number of para-hydroxylation sites is 1. The summed E-state index contributed by atoms with van der Waals surface area (Å²) in [5.74, 6) is -0.0652. The van der Waals surface area contributed by atoms with E-state index in [0.717, 1.165) is 16.3 Å². The van der Waals surface area contributed by atoms with Gasteiger partial charge in [0, 0.05) is 11.1 Å². The number of sulfonamides is 2. The average molecular weight is 678 g/mol. The van der Waals surface area contributed by atoms with Crippen molar-refractivity contribution in [3.8, 4) is 5.75 Å². The Morgan fingerprint density at radius 3 is 2.02 bits per heavy atom. The second kappa shape index (κ2) is 13.6. The number of carbonyl (C=O) groups is 1. The summed E-state index contributed by atoms with van der Waals surface area (Å²) in [5, 5.41) is 4.45. The number of anilines is 3. The summed E-state index contributed by atoms with van der Waals surface area (Å²) < 4.78 is 63.7. The Bertz CT molecular complexity index is 2290. The lowest BCUT2D eigenvalue weighted by Gasteiger charge is -2.26. The Labute approximate surface area is 279 Å². The number of hydrogen-bond acceptors (Lipinski definition) is 6. The van der Waals surface area contributed by atoms with Crippen molar-refractivity contribution in [2.45, 2.75) is 16.3 Å². The molecule has 6 rings (SSSR count). The molecule has 0 bridgehead atoms. The van der Waals surface area contributed by atoms with Crippen LogP contribution in [-0.2, 0) is 26.6 Å². The normalized spacial score (nSPS) is 11.5. The number of nitrogens with one attached hydrogen (secondary N) is 2. The van der Waals surface area contributed by atoms with Crippen molar-refractivity contribution >= 4 is 53.8 Å². The first kappa shape index (κ1) is 32.3. The predicted octanol–water partition coefficient (Wildman–Crippen LogP) is 7.30. The molecule has 1 amide bonds. The van der Waals surface area contributed by atoms with Crippen LogP contribution in [0.5, 0.6) is 5.75 Å². The third kappa shape index (κ3) is 6.87. The van der Waals surface area contributed by atoms with Crippen LogP contribution in [0.2, 0.25) is 0 Å². The first-order valence-corrected chi connectivity index (χ1v) is 17.8. The maximum atomic E-state index is 14.1. The van der Waals surface area contributed by atoms with Gasteiger partial charge in [0.05, 0.1) is 40.4 Å². The Morgan fingerprint density at radius 2 is 1.29 bits per heavy atom. The zero-order valence-corrected chi connectivity index (χ0v) is 27.4. The van der Waals surface area contributed by atoms with E-state index in [1.165, 1.54) is 47.8 Å². The number of ether oxygens (including phenoxy) is 1. The van der Waals surface area contributed by atoms with Gasteiger partial charge in [-0.3, -0.25) is 13.8 Å². The lowest BCUT2D eigenvalue weighted by molar-refractivity contribution is 0.102. The van der Waals surface area contributed by atoms with E-state index < -0.39 is 26.0 Å². The zero-order valence-electron chi connectivity index (χ0n) is 25.8. The molecule has 2 N–H and O–H groups in total. The standard InChI is InChI=1S/C37H31N3O6S2/c1-46-30-20-24-32(25-21-30)48(44,45)40(26-27-10-3-2-4-11-27)36-17-8-7-15-34(36)37(41)38-29-18-22-31(23-19-29)47(42,43)39-35-16-9-13-28-12-5-6-14-33(28)35/h2-25,39H,26H2,1H3,(H,38,41). The highest BCUT2D eigenvalue weighted by atomic mass is 32.2. The molecule has 0 aromatic heterocycles. The Balaban J connectivity index is 1.27. The largest absolute Gasteiger partial charge is 0.497 e. The fourth-order valence-corrected chi connectivity index (χ4v) is 7.79. The van der Waals surface area contributed by atoms with Gasteiger partial charge in [-0.25, -0.2) is 16.8 Å². The summed E-state index contributed by atoms with van der Waals surface area (Å²) in [6.07, 6.45) is 0. The number of methoxy groups -OCH3 is 1. The Kier molecular flexibility index (Phi) is 9.15. The molecular formula is C37H31N3O6S2. The van der Waals surface area contributed by atoms with Gasteiger partial charge in [-0.1, -0.05) is 78.9 Å². The van der Waals surface area contributed by atoms with Crippen molar-refractivity contribution in [3.05, 3.63) is 157 Å². The maximum Gasteiger partial charge on any atom is 0.264 e. The van der Waals surface area contributed by atoms with E-state index in [1.807, 2.05) is 60.7 Å². The van der Waals surface area contributed by atoms with Crippen LogP contribution in [0.3, 0.4) is 0 Å². The smallest absolute Gasteiger partial charge is 0.264 e. The van der Waals surface area contributed by atoms with Gasteiger partial charge < -0.3 is 10.1 Å². The minimum Gasteiger partial charge on any atom is -0.497 e. The number of carbonyl (C=O) groups excluding carboxylic acids is 1. The fourth-order valence-electron chi connectivity index (χ4n) is 5.24. The van der Waals surface area contributed by atoms with Crippen LogP contribution in [0.1, 0.15) is 15.9 Å². The van der Waals surface area contributed by atoms with E-state index in [0.29, 0.717) is 17.1 Å². The van der Waals surface area contributed by atoms with Crippen molar-refractivity contribution in [3.63, 3.8) is 0 Å². The van der Waals surface area contributed by atoms with Crippen LogP contribution in [0, 0.1) is 0 Å². The first-order valence-electron chi connectivity index (χ1n) is 14.9. The van der Waals surface area contributed by atoms with Gasteiger partial charge in [-0.2, -0.15) is 0 Å². The van der Waals surface area contributed by atoms with Crippen LogP contribution < -0.4 is 19.1 Å². The Hall–Kier alpha value is -5.65. The van der Waals surface area contributed by atoms with Crippen molar-refractivity contribution in [2.24, 2.45) is 0 Å². The molecule has 0 radical (unpaired) electrons. The highest BCUT2D eigenvalue weighted by Crippen LogP contribution is 2.31. The minimum absolute atomic E-state index is 0.00783. The molecule has 48 heavy (non-hydrogen) atoms. The lowest BCUT2D eigenvalue weighted by atomic mass is 10.1. The Morgan fingerprint density at radius 1 is 0.667 bits per heavy atom. The number of amides is 1. The molecular weight excluding hydrogens is 647 g/mol. The monoisotopic (exact) mass is 677 g/mol. The van der Waals surface area contributed by atoms with Crippen LogP contribution in [0.15, 0.2) is 155 Å². The van der Waals surface area contributed by atoms with E-state index in [9.17, 15) is 21.6 Å². The molecule has 0 aliphatic carbocycles. The maximum absolute atomic E-state index is 14.1. The second-order valence-corrected chi connectivity index (χ2v) is 14.3. The molecule has 0 unspecified atom stereocenters. The zero-order chi connectivity index (χ0) is 33.7. The number of benzene rings is 6. The van der Waals surface area contributed by atoms with E-state index in [-0.39, 0.29) is 27.6 Å². The van der Waals surface area contributed by atoms with E-state index in [1.54, 1.807) is 48.5 Å². The van der Waals surface area contributed by atoms with Crippen LogP contribution in [0.25, 0.3) is 10.8 Å². The van der Waals surface area contributed by atoms with Gasteiger partial charge >= 0.3 is 0 Å². The van der Waals surface area contributed by atoms with E-state index >= 15 is 0 Å². The molecule has 0 atom stereocenters. The summed E-state index contributed by atoms with van der Waals surface area (Å²) in [5.41, 5.74) is 1.78. The van der Waals surface area contributed by atoms with Gasteiger partial charge in [-0.15, -0.1) is 0 Å². The highest BCUT2D eigenvalue weighted by Gasteiger charge is 2.29. The fraction of sp³-hybridized carbons (Fsp3) is 0.0541. The van der Waals surface area contributed by atoms with Crippen LogP contribution in [0.4, 0.5) is 17.1 Å². The molecule has 0 aliphatic rings. The third-order valence-corrected chi connectivity index (χ3v) is 10.8. The summed E-state index contributed by atoms with van der Waals surface area (Å²) in [6.45, 7) is -0.0320. The van der Waals surface area contributed by atoms with Gasteiger partial charge in [0.1, 0.15) is 5.75 Å². The molecule has 0 saturated heterocycles. The molecule has 11 heteroatoms. The molecule has 0 aliphatic heterocycles. The quantitative estimate of drug-likeness (QED) is 0.149. The topological polar surface area (TPSA) is 122 Å². The SMILES string of the molecule is COc1ccc(S(=O)(=O)N(Cc2ccccc2)c2ccccc2C(=O)Nc2ccc(S(=O)(=O)Nc3cccc4ccccc34)cc2)cc1. The molecule has 242 valence electrons. The molecule has 6 aromatic rings. The van der Waals surface area contributed by atoms with Crippen molar-refractivity contribution in [1.82, 2.24) is 0 Å². The second-order valence-electron chi connectivity index (χ2n) is 10.8. The predicted molar refractivity (Wildman–Crippen MR) is 188 cm³/mol. The number of rotatable bonds is 11. The van der Waals surface area contributed by atoms with Crippen molar-refractivity contribution in [1.29, 1.82) is 0 Å². The van der Waals surface area contributed by atoms with Gasteiger partial charge in [-0.05, 0) is 77.7 Å². The summed E-state index contributed by atoms with van der Waals surface area (Å²) >= 11 is 0. The lowest BCUT2D eigenvalue weighted by Crippen LogP contribution is -2.32.